The first kappa shape index (κ1) is 13.3. The monoisotopic (exact) mass is 183 g/mol. The van der Waals surface area contributed by atoms with E-state index in [4.69, 9.17) is 10.8 Å². The van der Waals surface area contributed by atoms with Gasteiger partial charge in [0.25, 0.3) is 0 Å². The van der Waals surface area contributed by atoms with Gasteiger partial charge in [0.15, 0.2) is 0 Å². The van der Waals surface area contributed by atoms with Gasteiger partial charge in [0.2, 0.25) is 0 Å². The van der Waals surface area contributed by atoms with Gasteiger partial charge in [-0.2, -0.15) is 0 Å². The van der Waals surface area contributed by atoms with Crippen molar-refractivity contribution in [2.75, 3.05) is 13.2 Å². The second-order valence-electron chi connectivity index (χ2n) is 1.96. The summed E-state index contributed by atoms with van der Waals surface area (Å²) in [6.07, 6.45) is 0.768. The Hall–Kier alpha value is -0.320. The summed E-state index contributed by atoms with van der Waals surface area (Å²) in [6, 6.07) is -0.883. The van der Waals surface area contributed by atoms with Crippen LogP contribution >= 0.6 is 12.4 Å². The van der Waals surface area contributed by atoms with Gasteiger partial charge in [-0.25, -0.2) is 0 Å². The van der Waals surface area contributed by atoms with Crippen molar-refractivity contribution in [1.29, 1.82) is 0 Å². The van der Waals surface area contributed by atoms with E-state index in [0.717, 1.165) is 6.42 Å². The topological polar surface area (TPSA) is 72.5 Å². The molecule has 0 radical (unpaired) electrons. The largest absolute Gasteiger partial charge is 0.464 e. The number of aliphatic hydroxyl groups excluding tert-OH is 1. The van der Waals surface area contributed by atoms with E-state index in [1.54, 1.807) is 0 Å². The van der Waals surface area contributed by atoms with Crippen LogP contribution in [0.15, 0.2) is 0 Å². The van der Waals surface area contributed by atoms with E-state index < -0.39 is 12.0 Å². The molecular weight excluding hydrogens is 170 g/mol. The van der Waals surface area contributed by atoms with Gasteiger partial charge in [0.05, 0.1) is 13.2 Å². The Balaban J connectivity index is 0. The minimum atomic E-state index is -0.883. The number of aliphatic hydroxyl groups is 1. The lowest BCUT2D eigenvalue weighted by molar-refractivity contribution is -0.146. The summed E-state index contributed by atoms with van der Waals surface area (Å²) in [5.41, 5.74) is 5.13. The smallest absolute Gasteiger partial charge is 0.325 e. The zero-order valence-corrected chi connectivity index (χ0v) is 7.26. The van der Waals surface area contributed by atoms with Crippen molar-refractivity contribution in [2.24, 2.45) is 5.73 Å². The van der Waals surface area contributed by atoms with Crippen LogP contribution in [0.25, 0.3) is 0 Å². The predicted octanol–water partition coefficient (Wildman–Crippen LogP) is -0.319. The van der Waals surface area contributed by atoms with Gasteiger partial charge in [-0.1, -0.05) is 6.92 Å². The molecule has 0 heterocycles. The highest BCUT2D eigenvalue weighted by atomic mass is 35.5. The molecule has 0 aromatic heterocycles. The number of nitrogens with two attached hydrogens (primary N) is 1. The molecule has 11 heavy (non-hydrogen) atoms. The number of hydrogen-bond acceptors (Lipinski definition) is 4. The molecular formula is C6H14ClNO3. The Labute approximate surface area is 72.1 Å². The molecule has 68 valence electrons. The quantitative estimate of drug-likeness (QED) is 0.586. The van der Waals surface area contributed by atoms with Crippen LogP contribution in [-0.2, 0) is 9.53 Å². The van der Waals surface area contributed by atoms with Gasteiger partial charge < -0.3 is 15.6 Å². The summed E-state index contributed by atoms with van der Waals surface area (Å²) in [5.74, 6) is -0.538. The number of ether oxygens (including phenoxy) is 1. The molecule has 0 fully saturated rings. The molecule has 0 aliphatic rings. The number of rotatable bonds is 4. The summed E-state index contributed by atoms with van der Waals surface area (Å²) < 4.78 is 4.62. The van der Waals surface area contributed by atoms with Crippen molar-refractivity contribution in [3.63, 3.8) is 0 Å². The molecule has 0 amide bonds. The van der Waals surface area contributed by atoms with Gasteiger partial charge in [-0.05, 0) is 6.42 Å². The second-order valence-corrected chi connectivity index (χ2v) is 1.96. The van der Waals surface area contributed by atoms with Gasteiger partial charge in [-0.3, -0.25) is 4.79 Å². The van der Waals surface area contributed by atoms with Crippen molar-refractivity contribution in [1.82, 2.24) is 0 Å². The predicted molar refractivity (Wildman–Crippen MR) is 43.6 cm³/mol. The lowest BCUT2D eigenvalue weighted by Crippen LogP contribution is -2.35. The molecule has 1 atom stereocenters. The lowest BCUT2D eigenvalue weighted by Gasteiger charge is -2.06. The highest BCUT2D eigenvalue weighted by molar-refractivity contribution is 5.85. The number of carbonyl (C=O) groups is 1. The highest BCUT2D eigenvalue weighted by Crippen LogP contribution is 1.85. The highest BCUT2D eigenvalue weighted by Gasteiger charge is 2.11. The maximum atomic E-state index is 10.6. The van der Waals surface area contributed by atoms with Gasteiger partial charge >= 0.3 is 5.97 Å². The SMILES string of the molecule is CCCOC(=O)[C@@H](N)CO.Cl. The number of hydrogen-bond donors (Lipinski definition) is 2. The zero-order chi connectivity index (χ0) is 7.98. The fraction of sp³-hybridized carbons (Fsp3) is 0.833. The molecule has 0 unspecified atom stereocenters. The molecule has 0 aliphatic carbocycles. The van der Waals surface area contributed by atoms with E-state index in [9.17, 15) is 4.79 Å². The first-order valence-corrected chi connectivity index (χ1v) is 3.25. The van der Waals surface area contributed by atoms with Gasteiger partial charge in [0, 0.05) is 0 Å². The Morgan fingerprint density at radius 1 is 1.73 bits per heavy atom. The van der Waals surface area contributed by atoms with E-state index in [1.807, 2.05) is 6.92 Å². The van der Waals surface area contributed by atoms with Crippen LogP contribution in [0.4, 0.5) is 0 Å². The number of carbonyl (C=O) groups excluding carboxylic acids is 1. The summed E-state index contributed by atoms with van der Waals surface area (Å²) in [4.78, 5) is 10.6. The molecule has 0 rings (SSSR count). The van der Waals surface area contributed by atoms with Gasteiger partial charge in [0.1, 0.15) is 6.04 Å². The molecule has 3 N–H and O–H groups in total. The molecule has 0 saturated carbocycles. The molecule has 0 aromatic carbocycles. The molecule has 0 spiro atoms. The second kappa shape index (κ2) is 7.78. The Morgan fingerprint density at radius 3 is 2.64 bits per heavy atom. The Bertz CT molecular complexity index is 110. The van der Waals surface area contributed by atoms with Crippen LogP contribution in [0, 0.1) is 0 Å². The van der Waals surface area contributed by atoms with Crippen LogP contribution in [0.2, 0.25) is 0 Å². The standard InChI is InChI=1S/C6H13NO3.ClH/c1-2-3-10-6(9)5(7)4-8;/h5,8H,2-4,7H2,1H3;1H/t5-;/m0./s1. The van der Waals surface area contributed by atoms with Crippen molar-refractivity contribution < 1.29 is 14.6 Å². The van der Waals surface area contributed by atoms with E-state index in [0.29, 0.717) is 6.61 Å². The summed E-state index contributed by atoms with van der Waals surface area (Å²) in [6.45, 7) is 1.90. The maximum absolute atomic E-state index is 10.6. The molecule has 0 bridgehead atoms. The molecule has 0 aromatic rings. The third kappa shape index (κ3) is 6.09. The minimum Gasteiger partial charge on any atom is -0.464 e. The van der Waals surface area contributed by atoms with Crippen molar-refractivity contribution in [2.45, 2.75) is 19.4 Å². The first-order chi connectivity index (χ1) is 4.72. The third-order valence-electron chi connectivity index (χ3n) is 0.948. The van der Waals surface area contributed by atoms with Crippen LogP contribution in [0.5, 0.6) is 0 Å². The molecule has 0 saturated heterocycles. The average Bonchev–Trinajstić information content (AvgIpc) is 1.98. The minimum absolute atomic E-state index is 0. The number of halogens is 1. The van der Waals surface area contributed by atoms with E-state index in [-0.39, 0.29) is 19.0 Å². The van der Waals surface area contributed by atoms with Crippen molar-refractivity contribution in [3.05, 3.63) is 0 Å². The normalized spacial score (nSPS) is 11.5. The Morgan fingerprint density at radius 2 is 2.27 bits per heavy atom. The fourth-order valence-corrected chi connectivity index (χ4v) is 0.384. The molecule has 0 aliphatic heterocycles. The summed E-state index contributed by atoms with van der Waals surface area (Å²) in [7, 11) is 0. The fourth-order valence-electron chi connectivity index (χ4n) is 0.384. The molecule has 5 heteroatoms. The third-order valence-corrected chi connectivity index (χ3v) is 0.948. The number of esters is 1. The average molecular weight is 184 g/mol. The zero-order valence-electron chi connectivity index (χ0n) is 6.45. The van der Waals surface area contributed by atoms with Crippen molar-refractivity contribution in [3.8, 4) is 0 Å². The van der Waals surface area contributed by atoms with E-state index >= 15 is 0 Å². The van der Waals surface area contributed by atoms with E-state index in [2.05, 4.69) is 4.74 Å². The van der Waals surface area contributed by atoms with Crippen LogP contribution < -0.4 is 5.73 Å². The van der Waals surface area contributed by atoms with Gasteiger partial charge in [-0.15, -0.1) is 12.4 Å². The van der Waals surface area contributed by atoms with E-state index in [1.165, 1.54) is 0 Å². The van der Waals surface area contributed by atoms with Crippen LogP contribution in [0.3, 0.4) is 0 Å². The lowest BCUT2D eigenvalue weighted by atomic mass is 10.3. The first-order valence-electron chi connectivity index (χ1n) is 3.25. The maximum Gasteiger partial charge on any atom is 0.325 e. The van der Waals surface area contributed by atoms with Crippen molar-refractivity contribution >= 4 is 18.4 Å². The van der Waals surface area contributed by atoms with Crippen LogP contribution in [-0.4, -0.2) is 30.3 Å². The van der Waals surface area contributed by atoms with Crippen LogP contribution in [0.1, 0.15) is 13.3 Å². The summed E-state index contributed by atoms with van der Waals surface area (Å²) in [5, 5.41) is 8.38. The Kier molecular flexibility index (Phi) is 9.40. The summed E-state index contributed by atoms with van der Waals surface area (Å²) >= 11 is 0. The molecule has 4 nitrogen and oxygen atoms in total.